The molecule has 1 heterocycles. The number of methoxy groups -OCH3 is 1. The minimum absolute atomic E-state index is 0.0394. The predicted octanol–water partition coefficient (Wildman–Crippen LogP) is 3.53. The van der Waals surface area contributed by atoms with E-state index in [1.54, 1.807) is 24.3 Å². The monoisotopic (exact) mass is 384 g/mol. The summed E-state index contributed by atoms with van der Waals surface area (Å²) in [4.78, 5) is 35.1. The lowest BCUT2D eigenvalue weighted by molar-refractivity contribution is -0.384. The number of para-hydroxylation sites is 1. The van der Waals surface area contributed by atoms with Gasteiger partial charge < -0.3 is 19.2 Å². The van der Waals surface area contributed by atoms with Crippen molar-refractivity contribution in [3.8, 4) is 5.75 Å². The van der Waals surface area contributed by atoms with Gasteiger partial charge in [0.15, 0.2) is 6.10 Å². The zero-order chi connectivity index (χ0) is 20.3. The SMILES string of the molecule is COc1ccc(NC(=O)[C@@H](C)OC(=O)c2cc3ccccc3o2)c([N+](=O)[O-])c1. The molecule has 0 saturated carbocycles. The van der Waals surface area contributed by atoms with Gasteiger partial charge in [0.1, 0.15) is 17.0 Å². The zero-order valence-corrected chi connectivity index (χ0v) is 15.0. The van der Waals surface area contributed by atoms with Crippen molar-refractivity contribution in [2.75, 3.05) is 12.4 Å². The summed E-state index contributed by atoms with van der Waals surface area (Å²) in [5.41, 5.74) is 0.131. The van der Waals surface area contributed by atoms with Gasteiger partial charge in [-0.25, -0.2) is 4.79 Å². The lowest BCUT2D eigenvalue weighted by Gasteiger charge is -2.13. The van der Waals surface area contributed by atoms with Crippen molar-refractivity contribution in [2.24, 2.45) is 0 Å². The van der Waals surface area contributed by atoms with E-state index in [9.17, 15) is 19.7 Å². The Bertz CT molecular complexity index is 1020. The van der Waals surface area contributed by atoms with Crippen LogP contribution in [0.1, 0.15) is 17.5 Å². The largest absolute Gasteiger partial charge is 0.496 e. The number of nitrogens with one attached hydrogen (secondary N) is 1. The van der Waals surface area contributed by atoms with Crippen LogP contribution >= 0.6 is 0 Å². The molecule has 28 heavy (non-hydrogen) atoms. The average Bonchev–Trinajstić information content (AvgIpc) is 3.12. The number of esters is 1. The van der Waals surface area contributed by atoms with Crippen LogP contribution in [0.25, 0.3) is 11.0 Å². The standard InChI is InChI=1S/C19H16N2O7/c1-11(27-19(23)17-9-12-5-3-4-6-16(12)28-17)18(22)20-14-8-7-13(26-2)10-15(14)21(24)25/h3-11H,1-2H3,(H,20,22)/t11-/m1/s1. The Hall–Kier alpha value is -3.88. The number of hydrogen-bond acceptors (Lipinski definition) is 7. The zero-order valence-electron chi connectivity index (χ0n) is 15.0. The fraction of sp³-hybridized carbons (Fsp3) is 0.158. The number of anilines is 1. The molecular weight excluding hydrogens is 368 g/mol. The Morgan fingerprint density at radius 2 is 1.93 bits per heavy atom. The number of amides is 1. The lowest BCUT2D eigenvalue weighted by atomic mass is 10.2. The number of carbonyl (C=O) groups is 2. The van der Waals surface area contributed by atoms with Crippen molar-refractivity contribution < 1.29 is 28.4 Å². The molecule has 0 bridgehead atoms. The first kappa shape index (κ1) is 18.9. The van der Waals surface area contributed by atoms with Gasteiger partial charge >= 0.3 is 5.97 Å². The van der Waals surface area contributed by atoms with Gasteiger partial charge in [0, 0.05) is 5.39 Å². The third-order valence-corrected chi connectivity index (χ3v) is 3.94. The Morgan fingerprint density at radius 1 is 1.18 bits per heavy atom. The summed E-state index contributed by atoms with van der Waals surface area (Å²) in [5.74, 6) is -1.31. The van der Waals surface area contributed by atoms with E-state index in [0.717, 1.165) is 5.39 Å². The van der Waals surface area contributed by atoms with E-state index in [2.05, 4.69) is 5.32 Å². The van der Waals surface area contributed by atoms with Crippen molar-refractivity contribution in [2.45, 2.75) is 13.0 Å². The summed E-state index contributed by atoms with van der Waals surface area (Å²) in [7, 11) is 1.37. The van der Waals surface area contributed by atoms with Crippen LogP contribution in [0.2, 0.25) is 0 Å². The van der Waals surface area contributed by atoms with Crippen LogP contribution in [-0.4, -0.2) is 30.0 Å². The number of rotatable bonds is 6. The van der Waals surface area contributed by atoms with Crippen LogP contribution in [0.3, 0.4) is 0 Å². The van der Waals surface area contributed by atoms with Crippen LogP contribution in [0.5, 0.6) is 5.75 Å². The maximum Gasteiger partial charge on any atom is 0.375 e. The molecule has 1 N–H and O–H groups in total. The molecule has 0 spiro atoms. The van der Waals surface area contributed by atoms with Crippen LogP contribution < -0.4 is 10.1 Å². The summed E-state index contributed by atoms with van der Waals surface area (Å²) in [6.45, 7) is 1.35. The molecule has 0 saturated heterocycles. The van der Waals surface area contributed by atoms with Gasteiger partial charge in [0.05, 0.1) is 18.1 Å². The van der Waals surface area contributed by atoms with Crippen molar-refractivity contribution in [3.63, 3.8) is 0 Å². The lowest BCUT2D eigenvalue weighted by Crippen LogP contribution is -2.30. The predicted molar refractivity (Wildman–Crippen MR) is 99.4 cm³/mol. The molecule has 2 aromatic carbocycles. The molecule has 0 fully saturated rings. The van der Waals surface area contributed by atoms with Gasteiger partial charge in [0.2, 0.25) is 5.76 Å². The number of fused-ring (bicyclic) bond motifs is 1. The molecule has 3 aromatic rings. The second kappa shape index (κ2) is 7.78. The number of nitrogens with zero attached hydrogens (tertiary/aromatic N) is 1. The first-order valence-electron chi connectivity index (χ1n) is 8.22. The molecule has 1 amide bonds. The van der Waals surface area contributed by atoms with Crippen LogP contribution in [0.4, 0.5) is 11.4 Å². The smallest absolute Gasteiger partial charge is 0.375 e. The normalized spacial score (nSPS) is 11.6. The van der Waals surface area contributed by atoms with Gasteiger partial charge in [-0.05, 0) is 31.2 Å². The van der Waals surface area contributed by atoms with Crippen LogP contribution in [0.15, 0.2) is 52.9 Å². The van der Waals surface area contributed by atoms with E-state index in [4.69, 9.17) is 13.9 Å². The maximum atomic E-state index is 12.3. The van der Waals surface area contributed by atoms with E-state index in [0.29, 0.717) is 5.58 Å². The second-order valence-corrected chi connectivity index (χ2v) is 5.83. The Balaban J connectivity index is 1.71. The molecular formula is C19H16N2O7. The highest BCUT2D eigenvalue weighted by Gasteiger charge is 2.24. The summed E-state index contributed by atoms with van der Waals surface area (Å²) < 4.78 is 15.4. The van der Waals surface area contributed by atoms with E-state index < -0.39 is 22.9 Å². The van der Waals surface area contributed by atoms with E-state index in [1.165, 1.54) is 38.3 Å². The molecule has 9 heteroatoms. The molecule has 3 rings (SSSR count). The maximum absolute atomic E-state index is 12.3. The number of furan rings is 1. The van der Waals surface area contributed by atoms with Crippen molar-refractivity contribution in [1.29, 1.82) is 0 Å². The number of benzene rings is 2. The quantitative estimate of drug-likeness (QED) is 0.392. The number of ether oxygens (including phenoxy) is 2. The van der Waals surface area contributed by atoms with Gasteiger partial charge in [-0.15, -0.1) is 0 Å². The Labute approximate surface area is 159 Å². The molecule has 0 aliphatic heterocycles. The number of carbonyl (C=O) groups excluding carboxylic acids is 2. The summed E-state index contributed by atoms with van der Waals surface area (Å²) in [6.07, 6.45) is -1.21. The second-order valence-electron chi connectivity index (χ2n) is 5.83. The van der Waals surface area contributed by atoms with Crippen molar-refractivity contribution in [3.05, 3.63) is 64.4 Å². The summed E-state index contributed by atoms with van der Waals surface area (Å²) >= 11 is 0. The highest BCUT2D eigenvalue weighted by Crippen LogP contribution is 2.29. The fourth-order valence-corrected chi connectivity index (χ4v) is 2.48. The highest BCUT2D eigenvalue weighted by molar-refractivity contribution is 5.99. The van der Waals surface area contributed by atoms with Crippen molar-refractivity contribution >= 4 is 34.2 Å². The molecule has 1 aromatic heterocycles. The minimum atomic E-state index is -1.21. The van der Waals surface area contributed by atoms with Crippen molar-refractivity contribution in [1.82, 2.24) is 0 Å². The van der Waals surface area contributed by atoms with E-state index in [-0.39, 0.29) is 22.9 Å². The Kier molecular flexibility index (Phi) is 5.25. The molecule has 0 aliphatic carbocycles. The topological polar surface area (TPSA) is 121 Å². The summed E-state index contributed by atoms with van der Waals surface area (Å²) in [5, 5.41) is 14.3. The number of nitro groups is 1. The molecule has 1 atom stereocenters. The van der Waals surface area contributed by atoms with E-state index >= 15 is 0 Å². The fourth-order valence-electron chi connectivity index (χ4n) is 2.48. The molecule has 0 aliphatic rings. The van der Waals surface area contributed by atoms with Crippen LogP contribution in [0, 0.1) is 10.1 Å². The third kappa shape index (κ3) is 3.93. The highest BCUT2D eigenvalue weighted by atomic mass is 16.6. The first-order chi connectivity index (χ1) is 13.4. The van der Waals surface area contributed by atoms with Gasteiger partial charge in [-0.1, -0.05) is 18.2 Å². The molecule has 0 radical (unpaired) electrons. The summed E-state index contributed by atoms with van der Waals surface area (Å²) in [6, 6.07) is 12.5. The van der Waals surface area contributed by atoms with E-state index in [1.807, 2.05) is 0 Å². The molecule has 9 nitrogen and oxygen atoms in total. The molecule has 0 unspecified atom stereocenters. The van der Waals surface area contributed by atoms with Crippen LogP contribution in [-0.2, 0) is 9.53 Å². The minimum Gasteiger partial charge on any atom is -0.496 e. The van der Waals surface area contributed by atoms with Gasteiger partial charge in [-0.2, -0.15) is 0 Å². The average molecular weight is 384 g/mol. The first-order valence-corrected chi connectivity index (χ1v) is 8.22. The van der Waals surface area contributed by atoms with Gasteiger partial charge in [-0.3, -0.25) is 14.9 Å². The number of nitro benzene ring substituents is 1. The number of hydrogen-bond donors (Lipinski definition) is 1. The molecule has 144 valence electrons. The van der Waals surface area contributed by atoms with Gasteiger partial charge in [0.25, 0.3) is 11.6 Å². The third-order valence-electron chi connectivity index (χ3n) is 3.94. The Morgan fingerprint density at radius 3 is 2.61 bits per heavy atom.